The molecule has 2 aromatic carbocycles. The van der Waals surface area contributed by atoms with E-state index in [0.29, 0.717) is 0 Å². The Morgan fingerprint density at radius 2 is 1.36 bits per heavy atom. The molecule has 1 aliphatic heterocycles. The summed E-state index contributed by atoms with van der Waals surface area (Å²) < 4.78 is 5.08. The Balaban J connectivity index is 1.92. The summed E-state index contributed by atoms with van der Waals surface area (Å²) in [5.41, 5.74) is 3.87. The van der Waals surface area contributed by atoms with Crippen LogP contribution in [0.3, 0.4) is 0 Å². The monoisotopic (exact) mass is 290 g/mol. The van der Waals surface area contributed by atoms with Crippen molar-refractivity contribution < 1.29 is 14.3 Å². The highest BCUT2D eigenvalue weighted by Gasteiger charge is 2.67. The Labute approximate surface area is 127 Å². The van der Waals surface area contributed by atoms with E-state index >= 15 is 0 Å². The van der Waals surface area contributed by atoms with Gasteiger partial charge in [0, 0.05) is 11.8 Å². The second kappa shape index (κ2) is 3.67. The van der Waals surface area contributed by atoms with E-state index in [1.807, 2.05) is 31.2 Å². The van der Waals surface area contributed by atoms with Crippen LogP contribution in [0.15, 0.2) is 48.5 Å². The van der Waals surface area contributed by atoms with Gasteiger partial charge in [-0.1, -0.05) is 48.5 Å². The largest absolute Gasteiger partial charge is 0.392 e. The zero-order valence-corrected chi connectivity index (χ0v) is 12.1. The molecule has 108 valence electrons. The fraction of sp³-hybridized carbons (Fsp3) is 0.263. The average molecular weight is 290 g/mol. The van der Waals surface area contributed by atoms with E-state index in [9.17, 15) is 9.59 Å². The van der Waals surface area contributed by atoms with E-state index in [4.69, 9.17) is 4.74 Å². The van der Waals surface area contributed by atoms with Gasteiger partial charge in [-0.15, -0.1) is 0 Å². The van der Waals surface area contributed by atoms with Crippen LogP contribution in [0.1, 0.15) is 41.0 Å². The highest BCUT2D eigenvalue weighted by atomic mass is 16.6. The Morgan fingerprint density at radius 1 is 0.864 bits per heavy atom. The first-order valence-electron chi connectivity index (χ1n) is 7.58. The van der Waals surface area contributed by atoms with Crippen LogP contribution in [-0.4, -0.2) is 11.9 Å². The first-order chi connectivity index (χ1) is 10.6. The van der Waals surface area contributed by atoms with E-state index in [1.165, 1.54) is 11.1 Å². The van der Waals surface area contributed by atoms with Gasteiger partial charge in [0.25, 0.3) is 0 Å². The third kappa shape index (κ3) is 1.12. The van der Waals surface area contributed by atoms with Crippen LogP contribution in [0.4, 0.5) is 0 Å². The number of esters is 2. The van der Waals surface area contributed by atoms with Crippen LogP contribution in [0, 0.1) is 11.3 Å². The van der Waals surface area contributed by atoms with E-state index in [1.54, 1.807) is 0 Å². The van der Waals surface area contributed by atoms with Crippen LogP contribution < -0.4 is 0 Å². The lowest BCUT2D eigenvalue weighted by molar-refractivity contribution is -0.155. The number of ether oxygens (including phenoxy) is 1. The number of benzene rings is 2. The average Bonchev–Trinajstić information content (AvgIpc) is 2.77. The molecule has 0 amide bonds. The number of rotatable bonds is 0. The molecule has 0 radical (unpaired) electrons. The molecule has 2 bridgehead atoms. The molecule has 0 spiro atoms. The molecule has 22 heavy (non-hydrogen) atoms. The molecule has 3 heteroatoms. The summed E-state index contributed by atoms with van der Waals surface area (Å²) >= 11 is 0. The van der Waals surface area contributed by atoms with Crippen LogP contribution in [0.2, 0.25) is 0 Å². The third-order valence-electron chi connectivity index (χ3n) is 5.75. The number of hydrogen-bond donors (Lipinski definition) is 0. The van der Waals surface area contributed by atoms with Crippen LogP contribution in [0.25, 0.3) is 0 Å². The van der Waals surface area contributed by atoms with E-state index in [-0.39, 0.29) is 23.8 Å². The van der Waals surface area contributed by atoms with Crippen molar-refractivity contribution in [2.45, 2.75) is 18.8 Å². The molecular formula is C19H14O3. The van der Waals surface area contributed by atoms with Gasteiger partial charge in [-0.25, -0.2) is 0 Å². The predicted molar refractivity (Wildman–Crippen MR) is 79.3 cm³/mol. The molecule has 0 saturated carbocycles. The maximum Gasteiger partial charge on any atom is 0.321 e. The Bertz CT molecular complexity index is 806. The summed E-state index contributed by atoms with van der Waals surface area (Å²) in [4.78, 5) is 24.9. The van der Waals surface area contributed by atoms with Gasteiger partial charge in [0.15, 0.2) is 0 Å². The number of hydrogen-bond acceptors (Lipinski definition) is 3. The van der Waals surface area contributed by atoms with Crippen LogP contribution >= 0.6 is 0 Å². The molecule has 2 atom stereocenters. The summed E-state index contributed by atoms with van der Waals surface area (Å²) in [5, 5.41) is 0. The summed E-state index contributed by atoms with van der Waals surface area (Å²) in [5.74, 6) is -1.34. The Kier molecular flexibility index (Phi) is 2.03. The quantitative estimate of drug-likeness (QED) is 0.553. The van der Waals surface area contributed by atoms with Gasteiger partial charge < -0.3 is 4.74 Å². The van der Waals surface area contributed by atoms with E-state index in [0.717, 1.165) is 11.1 Å². The first-order valence-corrected chi connectivity index (χ1v) is 7.58. The van der Waals surface area contributed by atoms with Crippen molar-refractivity contribution in [2.24, 2.45) is 11.3 Å². The zero-order chi connectivity index (χ0) is 15.1. The molecule has 1 saturated heterocycles. The van der Waals surface area contributed by atoms with E-state index < -0.39 is 11.3 Å². The van der Waals surface area contributed by atoms with Crippen molar-refractivity contribution in [1.29, 1.82) is 0 Å². The van der Waals surface area contributed by atoms with Gasteiger partial charge in [0.05, 0.1) is 11.3 Å². The van der Waals surface area contributed by atoms with Crippen molar-refractivity contribution in [1.82, 2.24) is 0 Å². The molecule has 0 unspecified atom stereocenters. The zero-order valence-electron chi connectivity index (χ0n) is 12.1. The summed E-state index contributed by atoms with van der Waals surface area (Å²) in [6.45, 7) is 1.90. The molecule has 3 nitrogen and oxygen atoms in total. The van der Waals surface area contributed by atoms with Crippen molar-refractivity contribution in [3.05, 3.63) is 70.8 Å². The van der Waals surface area contributed by atoms with Crippen LogP contribution in [0.5, 0.6) is 0 Å². The molecule has 1 fully saturated rings. The van der Waals surface area contributed by atoms with Crippen LogP contribution in [-0.2, 0) is 14.3 Å². The standard InChI is InChI=1S/C19H14O3/c1-19-15-12-8-4-2-6-10(12)14(11-7-3-5-9-13(11)15)16(19)17(20)22-18(19)21/h2-9,14-16H,1H3/t14?,15?,16-,19+/m0/s1. The Hall–Kier alpha value is -2.42. The van der Waals surface area contributed by atoms with Gasteiger partial charge in [-0.3, -0.25) is 9.59 Å². The van der Waals surface area contributed by atoms with E-state index in [2.05, 4.69) is 24.3 Å². The minimum atomic E-state index is -0.787. The number of carbonyl (C=O) groups is 2. The highest BCUT2D eigenvalue weighted by Crippen LogP contribution is 2.66. The van der Waals surface area contributed by atoms with Crippen molar-refractivity contribution in [2.75, 3.05) is 0 Å². The highest BCUT2D eigenvalue weighted by molar-refractivity contribution is 6.02. The van der Waals surface area contributed by atoms with Gasteiger partial charge in [-0.05, 0) is 29.2 Å². The number of carbonyl (C=O) groups excluding carboxylic acids is 2. The molecule has 3 aliphatic carbocycles. The van der Waals surface area contributed by atoms with Crippen molar-refractivity contribution in [3.8, 4) is 0 Å². The minimum Gasteiger partial charge on any atom is -0.392 e. The van der Waals surface area contributed by atoms with Gasteiger partial charge in [-0.2, -0.15) is 0 Å². The lowest BCUT2D eigenvalue weighted by atomic mass is 9.48. The summed E-state index contributed by atoms with van der Waals surface area (Å²) in [7, 11) is 0. The summed E-state index contributed by atoms with van der Waals surface area (Å²) in [6.07, 6.45) is 0. The minimum absolute atomic E-state index is 0.0821. The fourth-order valence-corrected chi connectivity index (χ4v) is 4.87. The SMILES string of the molecule is C[C@]12C(=O)OC(=O)[C@@H]1C1c3ccccc3C2c2ccccc21. The maximum atomic E-state index is 12.5. The predicted octanol–water partition coefficient (Wildman–Crippen LogP) is 2.98. The molecule has 2 aromatic rings. The molecule has 0 aromatic heterocycles. The smallest absolute Gasteiger partial charge is 0.321 e. The molecule has 0 N–H and O–H groups in total. The van der Waals surface area contributed by atoms with Gasteiger partial charge >= 0.3 is 11.9 Å². The second-order valence-corrected chi connectivity index (χ2v) is 6.64. The second-order valence-electron chi connectivity index (χ2n) is 6.64. The third-order valence-corrected chi connectivity index (χ3v) is 5.75. The van der Waals surface area contributed by atoms with Crippen molar-refractivity contribution >= 4 is 11.9 Å². The van der Waals surface area contributed by atoms with Gasteiger partial charge in [0.2, 0.25) is 0 Å². The molecule has 6 rings (SSSR count). The van der Waals surface area contributed by atoms with Gasteiger partial charge in [0.1, 0.15) is 0 Å². The summed E-state index contributed by atoms with van der Waals surface area (Å²) in [6, 6.07) is 16.3. The lowest BCUT2D eigenvalue weighted by Gasteiger charge is -2.50. The number of cyclic esters (lactones) is 2. The Morgan fingerprint density at radius 3 is 1.91 bits per heavy atom. The first kappa shape index (κ1) is 12.2. The maximum absolute atomic E-state index is 12.5. The molecule has 1 heterocycles. The normalized spacial score (nSPS) is 34.0. The molecule has 4 aliphatic rings. The lowest BCUT2D eigenvalue weighted by Crippen LogP contribution is -2.49. The topological polar surface area (TPSA) is 43.4 Å². The molecular weight excluding hydrogens is 276 g/mol. The fourth-order valence-electron chi connectivity index (χ4n) is 4.87. The van der Waals surface area contributed by atoms with Crippen molar-refractivity contribution in [3.63, 3.8) is 0 Å².